The van der Waals surface area contributed by atoms with E-state index in [4.69, 9.17) is 4.52 Å². The molecule has 9 heteroatoms. The number of rotatable bonds is 6. The maximum atomic E-state index is 13.6. The number of aromatic nitrogens is 5. The molecule has 1 aliphatic rings. The largest absolute Gasteiger partial charge is 0.338 e. The fourth-order valence-electron chi connectivity index (χ4n) is 3.69. The molecule has 31 heavy (non-hydrogen) atoms. The second-order valence-corrected chi connectivity index (χ2v) is 9.92. The molecule has 2 aromatic heterocycles. The predicted octanol–water partition coefficient (Wildman–Crippen LogP) is 4.93. The zero-order valence-corrected chi connectivity index (χ0v) is 19.3. The van der Waals surface area contributed by atoms with Crippen molar-refractivity contribution in [2.75, 3.05) is 13.1 Å². The van der Waals surface area contributed by atoms with E-state index in [2.05, 4.69) is 32.2 Å². The van der Waals surface area contributed by atoms with Crippen LogP contribution >= 0.6 is 11.8 Å². The molecular weight excluding hydrogens is 415 g/mol. The van der Waals surface area contributed by atoms with E-state index in [1.807, 2.05) is 25.3 Å². The molecule has 0 saturated carbocycles. The summed E-state index contributed by atoms with van der Waals surface area (Å²) in [6.07, 6.45) is 3.67. The standard InChI is InChI=1S/C22H29FN6OS/c1-15(28-12-6-5-7-13-28)19-25-26-21(29(19)17-10-8-16(23)9-11-17)31-14-18-24-20(27-30-18)22(2,3)4/h8-11,15H,5-7,12-14H2,1-4H3. The molecule has 7 nitrogen and oxygen atoms in total. The van der Waals surface area contributed by atoms with Crippen LogP contribution in [0.2, 0.25) is 0 Å². The van der Waals surface area contributed by atoms with Crippen LogP contribution in [0.4, 0.5) is 4.39 Å². The van der Waals surface area contributed by atoms with Crippen LogP contribution in [0, 0.1) is 5.82 Å². The van der Waals surface area contributed by atoms with Crippen molar-refractivity contribution in [3.63, 3.8) is 0 Å². The highest BCUT2D eigenvalue weighted by Gasteiger charge is 2.26. The van der Waals surface area contributed by atoms with Crippen molar-refractivity contribution in [3.05, 3.63) is 47.6 Å². The molecule has 1 unspecified atom stereocenters. The third-order valence-corrected chi connectivity index (χ3v) is 6.43. The van der Waals surface area contributed by atoms with Gasteiger partial charge in [-0.15, -0.1) is 10.2 Å². The van der Waals surface area contributed by atoms with Crippen molar-refractivity contribution >= 4 is 11.8 Å². The first-order valence-corrected chi connectivity index (χ1v) is 11.7. The lowest BCUT2D eigenvalue weighted by Crippen LogP contribution is -2.33. The van der Waals surface area contributed by atoms with Crippen molar-refractivity contribution in [3.8, 4) is 5.69 Å². The lowest BCUT2D eigenvalue weighted by molar-refractivity contribution is 0.167. The van der Waals surface area contributed by atoms with Crippen molar-refractivity contribution in [1.82, 2.24) is 29.8 Å². The van der Waals surface area contributed by atoms with Gasteiger partial charge in [0.2, 0.25) is 5.89 Å². The number of halogens is 1. The Kier molecular flexibility index (Phi) is 6.43. The molecule has 1 aromatic carbocycles. The van der Waals surface area contributed by atoms with Crippen molar-refractivity contribution in [2.45, 2.75) is 69.3 Å². The summed E-state index contributed by atoms with van der Waals surface area (Å²) in [6, 6.07) is 6.57. The van der Waals surface area contributed by atoms with E-state index < -0.39 is 0 Å². The third-order valence-electron chi connectivity index (χ3n) is 5.52. The number of piperidine rings is 1. The number of benzene rings is 1. The molecule has 0 bridgehead atoms. The minimum Gasteiger partial charge on any atom is -0.338 e. The Morgan fingerprint density at radius 3 is 2.45 bits per heavy atom. The van der Waals surface area contributed by atoms with Gasteiger partial charge in [-0.3, -0.25) is 9.47 Å². The summed E-state index contributed by atoms with van der Waals surface area (Å²) in [5.74, 6) is 2.31. The van der Waals surface area contributed by atoms with E-state index in [9.17, 15) is 4.39 Å². The fraction of sp³-hybridized carbons (Fsp3) is 0.545. The van der Waals surface area contributed by atoms with Crippen LogP contribution in [0.15, 0.2) is 33.9 Å². The van der Waals surface area contributed by atoms with Gasteiger partial charge in [0, 0.05) is 11.1 Å². The van der Waals surface area contributed by atoms with Crippen LogP contribution < -0.4 is 0 Å². The minimum absolute atomic E-state index is 0.114. The Morgan fingerprint density at radius 1 is 1.10 bits per heavy atom. The van der Waals surface area contributed by atoms with Gasteiger partial charge in [-0.05, 0) is 57.1 Å². The molecular formula is C22H29FN6OS. The van der Waals surface area contributed by atoms with E-state index in [0.717, 1.165) is 29.8 Å². The second-order valence-electron chi connectivity index (χ2n) is 8.98. The average molecular weight is 445 g/mol. The molecule has 0 amide bonds. The zero-order chi connectivity index (χ0) is 22.0. The van der Waals surface area contributed by atoms with Gasteiger partial charge in [-0.2, -0.15) is 4.98 Å². The summed E-state index contributed by atoms with van der Waals surface area (Å²) in [6.45, 7) is 10.4. The molecule has 166 valence electrons. The van der Waals surface area contributed by atoms with E-state index in [-0.39, 0.29) is 17.3 Å². The number of thioether (sulfide) groups is 1. The first-order valence-electron chi connectivity index (χ1n) is 10.7. The number of nitrogens with zero attached hydrogens (tertiary/aromatic N) is 6. The SMILES string of the molecule is CC(c1nnc(SCc2nc(C(C)(C)C)no2)n1-c1ccc(F)cc1)N1CCCCC1. The topological polar surface area (TPSA) is 72.9 Å². The van der Waals surface area contributed by atoms with Gasteiger partial charge in [0.1, 0.15) is 5.82 Å². The van der Waals surface area contributed by atoms with Crippen LogP contribution in [0.1, 0.15) is 70.5 Å². The molecule has 3 aromatic rings. The molecule has 1 atom stereocenters. The first-order chi connectivity index (χ1) is 14.8. The Hall–Kier alpha value is -2.26. The smallest absolute Gasteiger partial charge is 0.237 e. The van der Waals surface area contributed by atoms with Gasteiger partial charge in [0.15, 0.2) is 16.8 Å². The van der Waals surface area contributed by atoms with Crippen molar-refractivity contribution < 1.29 is 8.91 Å². The van der Waals surface area contributed by atoms with Gasteiger partial charge in [0.25, 0.3) is 0 Å². The van der Waals surface area contributed by atoms with Crippen molar-refractivity contribution in [1.29, 1.82) is 0 Å². The van der Waals surface area contributed by atoms with E-state index >= 15 is 0 Å². The maximum Gasteiger partial charge on any atom is 0.237 e. The summed E-state index contributed by atoms with van der Waals surface area (Å²) < 4.78 is 21.0. The van der Waals surface area contributed by atoms with E-state index in [1.54, 1.807) is 12.1 Å². The lowest BCUT2D eigenvalue weighted by Gasteiger charge is -2.31. The molecule has 0 spiro atoms. The predicted molar refractivity (Wildman–Crippen MR) is 118 cm³/mol. The molecule has 0 radical (unpaired) electrons. The van der Waals surface area contributed by atoms with Gasteiger partial charge in [-0.1, -0.05) is 44.1 Å². The highest BCUT2D eigenvalue weighted by atomic mass is 32.2. The normalized spacial score (nSPS) is 16.5. The van der Waals surface area contributed by atoms with E-state index in [1.165, 1.54) is 43.2 Å². The van der Waals surface area contributed by atoms with Crippen molar-refractivity contribution in [2.24, 2.45) is 0 Å². The average Bonchev–Trinajstić information content (AvgIpc) is 3.40. The number of likely N-dealkylation sites (tertiary alicyclic amines) is 1. The number of hydrogen-bond donors (Lipinski definition) is 0. The van der Waals surface area contributed by atoms with Gasteiger partial charge >= 0.3 is 0 Å². The van der Waals surface area contributed by atoms with Gasteiger partial charge in [0.05, 0.1) is 11.8 Å². The molecule has 0 N–H and O–H groups in total. The molecule has 4 rings (SSSR count). The molecule has 1 saturated heterocycles. The summed E-state index contributed by atoms with van der Waals surface area (Å²) in [5.41, 5.74) is 0.672. The lowest BCUT2D eigenvalue weighted by atomic mass is 9.96. The maximum absolute atomic E-state index is 13.6. The minimum atomic E-state index is -0.266. The Bertz CT molecular complexity index is 1000. The number of hydrogen-bond acceptors (Lipinski definition) is 7. The Labute approximate surface area is 186 Å². The van der Waals surface area contributed by atoms with Crippen LogP contribution in [-0.4, -0.2) is 42.9 Å². The first kappa shape index (κ1) is 22.0. The quantitative estimate of drug-likeness (QED) is 0.499. The fourth-order valence-corrected chi connectivity index (χ4v) is 4.49. The van der Waals surface area contributed by atoms with Gasteiger partial charge in [-0.25, -0.2) is 4.39 Å². The van der Waals surface area contributed by atoms with Crippen LogP contribution in [0.3, 0.4) is 0 Å². The highest BCUT2D eigenvalue weighted by Crippen LogP contribution is 2.31. The zero-order valence-electron chi connectivity index (χ0n) is 18.5. The van der Waals surface area contributed by atoms with Crippen LogP contribution in [0.25, 0.3) is 5.69 Å². The summed E-state index contributed by atoms with van der Waals surface area (Å²) >= 11 is 1.49. The summed E-state index contributed by atoms with van der Waals surface area (Å²) in [5, 5.41) is 13.8. The monoisotopic (exact) mass is 444 g/mol. The second kappa shape index (κ2) is 9.08. The van der Waals surface area contributed by atoms with Crippen LogP contribution in [0.5, 0.6) is 0 Å². The summed E-state index contributed by atoms with van der Waals surface area (Å²) in [7, 11) is 0. The van der Waals surface area contributed by atoms with Crippen LogP contribution in [-0.2, 0) is 11.2 Å². The summed E-state index contributed by atoms with van der Waals surface area (Å²) in [4.78, 5) is 6.95. The molecule has 1 aliphatic heterocycles. The molecule has 0 aliphatic carbocycles. The van der Waals surface area contributed by atoms with E-state index in [0.29, 0.717) is 17.5 Å². The third kappa shape index (κ3) is 4.98. The Morgan fingerprint density at radius 2 is 1.81 bits per heavy atom. The molecule has 1 fully saturated rings. The Balaban J connectivity index is 1.61. The van der Waals surface area contributed by atoms with Gasteiger partial charge < -0.3 is 4.52 Å². The highest BCUT2D eigenvalue weighted by molar-refractivity contribution is 7.98. The molecule has 3 heterocycles.